The van der Waals surface area contributed by atoms with E-state index in [9.17, 15) is 18.3 Å². The lowest BCUT2D eigenvalue weighted by Crippen LogP contribution is -2.45. The predicted molar refractivity (Wildman–Crippen MR) is 84.0 cm³/mol. The van der Waals surface area contributed by atoms with Crippen LogP contribution in [0.1, 0.15) is 17.9 Å². The van der Waals surface area contributed by atoms with Gasteiger partial charge in [0, 0.05) is 44.8 Å². The van der Waals surface area contributed by atoms with E-state index in [1.807, 2.05) is 0 Å². The van der Waals surface area contributed by atoms with Gasteiger partial charge in [0.05, 0.1) is 5.69 Å². The number of aromatic nitrogens is 5. The Bertz CT molecular complexity index is 887. The summed E-state index contributed by atoms with van der Waals surface area (Å²) in [6.45, 7) is 1.65. The molecule has 0 aliphatic heterocycles. The van der Waals surface area contributed by atoms with Crippen LogP contribution in [0.15, 0.2) is 30.9 Å². The standard InChI is InChI=1S/C15H17F3N6O/c1-10-9-11-12(20-6-8-24(11)22-10)19-4-3-14(25,15(16,17)18)13-21-5-7-23(13)2/h5-9,25H,3-4H2,1-2H3,(H,19,20). The Morgan fingerprint density at radius 1 is 1.20 bits per heavy atom. The number of rotatable bonds is 5. The molecule has 2 N–H and O–H groups in total. The average molecular weight is 354 g/mol. The van der Waals surface area contributed by atoms with Crippen LogP contribution < -0.4 is 5.32 Å². The van der Waals surface area contributed by atoms with Gasteiger partial charge in [-0.05, 0) is 13.0 Å². The second-order valence-corrected chi connectivity index (χ2v) is 5.79. The molecule has 0 saturated carbocycles. The van der Waals surface area contributed by atoms with E-state index in [-0.39, 0.29) is 6.54 Å². The molecule has 0 saturated heterocycles. The van der Waals surface area contributed by atoms with Crippen LogP contribution in [-0.4, -0.2) is 42.0 Å². The molecule has 0 radical (unpaired) electrons. The summed E-state index contributed by atoms with van der Waals surface area (Å²) >= 11 is 0. The lowest BCUT2D eigenvalue weighted by Gasteiger charge is -2.30. The van der Waals surface area contributed by atoms with Gasteiger partial charge in [-0.25, -0.2) is 14.5 Å². The summed E-state index contributed by atoms with van der Waals surface area (Å²) in [6.07, 6.45) is 0.245. The van der Waals surface area contributed by atoms with E-state index >= 15 is 0 Å². The molecule has 10 heteroatoms. The molecule has 3 heterocycles. The van der Waals surface area contributed by atoms with Crippen molar-refractivity contribution in [2.24, 2.45) is 7.05 Å². The molecule has 7 nitrogen and oxygen atoms in total. The number of aliphatic hydroxyl groups is 1. The predicted octanol–water partition coefficient (Wildman–Crippen LogP) is 2.02. The zero-order valence-corrected chi connectivity index (χ0v) is 13.6. The molecule has 0 aromatic carbocycles. The quantitative estimate of drug-likeness (QED) is 0.733. The number of halogens is 3. The van der Waals surface area contributed by atoms with Crippen LogP contribution in [0, 0.1) is 6.92 Å². The highest BCUT2D eigenvalue weighted by molar-refractivity contribution is 5.67. The minimum absolute atomic E-state index is 0.153. The largest absolute Gasteiger partial charge is 0.424 e. The Kier molecular flexibility index (Phi) is 4.15. The van der Waals surface area contributed by atoms with Gasteiger partial charge < -0.3 is 15.0 Å². The summed E-state index contributed by atoms with van der Waals surface area (Å²) in [5.74, 6) is -0.0550. The summed E-state index contributed by atoms with van der Waals surface area (Å²) in [4.78, 5) is 7.80. The molecule has 134 valence electrons. The number of hydrogen-bond acceptors (Lipinski definition) is 5. The lowest BCUT2D eigenvalue weighted by atomic mass is 9.97. The van der Waals surface area contributed by atoms with Gasteiger partial charge in [-0.2, -0.15) is 18.3 Å². The van der Waals surface area contributed by atoms with Crippen molar-refractivity contribution in [2.75, 3.05) is 11.9 Å². The smallest absolute Gasteiger partial charge is 0.374 e. The van der Waals surface area contributed by atoms with Crippen LogP contribution in [0.5, 0.6) is 0 Å². The molecule has 3 aromatic heterocycles. The van der Waals surface area contributed by atoms with Gasteiger partial charge >= 0.3 is 6.18 Å². The number of anilines is 1. The van der Waals surface area contributed by atoms with Gasteiger partial charge in [-0.15, -0.1) is 0 Å². The van der Waals surface area contributed by atoms with Crippen molar-refractivity contribution in [2.45, 2.75) is 25.1 Å². The third-order valence-electron chi connectivity index (χ3n) is 3.95. The summed E-state index contributed by atoms with van der Waals surface area (Å²) < 4.78 is 43.1. The van der Waals surface area contributed by atoms with Gasteiger partial charge in [0.1, 0.15) is 11.3 Å². The van der Waals surface area contributed by atoms with Crippen LogP contribution in [-0.2, 0) is 12.6 Å². The molecule has 0 fully saturated rings. The Morgan fingerprint density at radius 3 is 2.56 bits per heavy atom. The lowest BCUT2D eigenvalue weighted by molar-refractivity contribution is -0.271. The maximum Gasteiger partial charge on any atom is 0.424 e. The minimum Gasteiger partial charge on any atom is -0.374 e. The molecule has 0 aliphatic carbocycles. The van der Waals surface area contributed by atoms with E-state index in [1.165, 1.54) is 25.6 Å². The highest BCUT2D eigenvalue weighted by Crippen LogP contribution is 2.40. The zero-order chi connectivity index (χ0) is 18.2. The normalized spacial score (nSPS) is 14.6. The second kappa shape index (κ2) is 6.03. The highest BCUT2D eigenvalue weighted by atomic mass is 19.4. The van der Waals surface area contributed by atoms with Gasteiger partial charge in [0.2, 0.25) is 5.60 Å². The zero-order valence-electron chi connectivity index (χ0n) is 13.6. The van der Waals surface area contributed by atoms with Crippen LogP contribution in [0.25, 0.3) is 5.52 Å². The van der Waals surface area contributed by atoms with E-state index in [4.69, 9.17) is 0 Å². The fourth-order valence-electron chi connectivity index (χ4n) is 2.69. The number of nitrogens with zero attached hydrogens (tertiary/aromatic N) is 5. The number of alkyl halides is 3. The first-order chi connectivity index (χ1) is 11.7. The summed E-state index contributed by atoms with van der Waals surface area (Å²) in [5, 5.41) is 17.4. The Morgan fingerprint density at radius 2 is 1.92 bits per heavy atom. The summed E-state index contributed by atoms with van der Waals surface area (Å²) in [6, 6.07) is 1.77. The van der Waals surface area contributed by atoms with Crippen molar-refractivity contribution in [3.8, 4) is 0 Å². The summed E-state index contributed by atoms with van der Waals surface area (Å²) in [5.41, 5.74) is -1.65. The fourth-order valence-corrected chi connectivity index (χ4v) is 2.69. The van der Waals surface area contributed by atoms with Crippen LogP contribution in [0.4, 0.5) is 19.0 Å². The van der Waals surface area contributed by atoms with Gasteiger partial charge in [-0.3, -0.25) is 0 Å². The van der Waals surface area contributed by atoms with Crippen LogP contribution in [0.3, 0.4) is 0 Å². The number of nitrogens with one attached hydrogen (secondary N) is 1. The fraction of sp³-hybridized carbons (Fsp3) is 0.400. The second-order valence-electron chi connectivity index (χ2n) is 5.79. The molecule has 0 spiro atoms. The molecule has 0 bridgehead atoms. The Hall–Kier alpha value is -2.62. The molecule has 1 atom stereocenters. The van der Waals surface area contributed by atoms with Crippen molar-refractivity contribution < 1.29 is 18.3 Å². The van der Waals surface area contributed by atoms with Crippen molar-refractivity contribution in [1.29, 1.82) is 0 Å². The SMILES string of the molecule is Cc1cc2c(NCCC(O)(c3nccn3C)C(F)(F)F)nccn2n1. The minimum atomic E-state index is -4.86. The number of fused-ring (bicyclic) bond motifs is 1. The molecular weight excluding hydrogens is 337 g/mol. The Balaban J connectivity index is 1.81. The van der Waals surface area contributed by atoms with Crippen molar-refractivity contribution in [3.63, 3.8) is 0 Å². The first kappa shape index (κ1) is 17.2. The van der Waals surface area contributed by atoms with E-state index in [0.29, 0.717) is 11.3 Å². The van der Waals surface area contributed by atoms with E-state index in [0.717, 1.165) is 10.3 Å². The monoisotopic (exact) mass is 354 g/mol. The van der Waals surface area contributed by atoms with Crippen molar-refractivity contribution in [3.05, 3.63) is 42.4 Å². The third-order valence-corrected chi connectivity index (χ3v) is 3.95. The average Bonchev–Trinajstić information content (AvgIpc) is 3.11. The number of imidazole rings is 1. The maximum atomic E-state index is 13.5. The van der Waals surface area contributed by atoms with Gasteiger partial charge in [0.15, 0.2) is 5.82 Å². The molecular formula is C15H17F3N6O. The number of aryl methyl sites for hydroxylation is 2. The van der Waals surface area contributed by atoms with Crippen molar-refractivity contribution in [1.82, 2.24) is 24.1 Å². The first-order valence-corrected chi connectivity index (χ1v) is 7.54. The van der Waals surface area contributed by atoms with E-state index < -0.39 is 24.0 Å². The number of hydrogen-bond donors (Lipinski definition) is 2. The van der Waals surface area contributed by atoms with Crippen molar-refractivity contribution >= 4 is 11.3 Å². The highest BCUT2D eigenvalue weighted by Gasteiger charge is 2.57. The molecule has 1 unspecified atom stereocenters. The first-order valence-electron chi connectivity index (χ1n) is 7.54. The Labute approximate surface area is 141 Å². The molecule has 25 heavy (non-hydrogen) atoms. The third kappa shape index (κ3) is 3.04. The molecule has 0 amide bonds. The van der Waals surface area contributed by atoms with Crippen LogP contribution >= 0.6 is 0 Å². The molecule has 3 aromatic rings. The molecule has 3 rings (SSSR count). The maximum absolute atomic E-state index is 13.5. The molecule has 0 aliphatic rings. The van der Waals surface area contributed by atoms with Crippen LogP contribution in [0.2, 0.25) is 0 Å². The van der Waals surface area contributed by atoms with E-state index in [2.05, 4.69) is 20.4 Å². The topological polar surface area (TPSA) is 80.3 Å². The van der Waals surface area contributed by atoms with Gasteiger partial charge in [-0.1, -0.05) is 0 Å². The van der Waals surface area contributed by atoms with Gasteiger partial charge in [0.25, 0.3) is 0 Å². The van der Waals surface area contributed by atoms with E-state index in [1.54, 1.807) is 23.7 Å². The summed E-state index contributed by atoms with van der Waals surface area (Å²) in [7, 11) is 1.41.